The molecule has 0 aliphatic heterocycles. The van der Waals surface area contributed by atoms with Crippen LogP contribution < -0.4 is 4.72 Å². The summed E-state index contributed by atoms with van der Waals surface area (Å²) in [6.07, 6.45) is 1.82. The Morgan fingerprint density at radius 3 is 2.17 bits per heavy atom. The van der Waals surface area contributed by atoms with Gasteiger partial charge in [0, 0.05) is 5.39 Å². The van der Waals surface area contributed by atoms with Crippen molar-refractivity contribution in [3.05, 3.63) is 71.3 Å². The zero-order chi connectivity index (χ0) is 16.9. The summed E-state index contributed by atoms with van der Waals surface area (Å²) in [6.45, 7) is 0. The predicted molar refractivity (Wildman–Crippen MR) is 88.5 cm³/mol. The summed E-state index contributed by atoms with van der Waals surface area (Å²) >= 11 is 0. The van der Waals surface area contributed by atoms with E-state index in [9.17, 15) is 17.2 Å². The van der Waals surface area contributed by atoms with Crippen molar-refractivity contribution in [3.8, 4) is 0 Å². The van der Waals surface area contributed by atoms with Crippen LogP contribution in [0.5, 0.6) is 0 Å². The molecule has 4 rings (SSSR count). The van der Waals surface area contributed by atoms with Crippen molar-refractivity contribution in [2.45, 2.75) is 17.7 Å². The van der Waals surface area contributed by atoms with E-state index in [1.165, 1.54) is 0 Å². The van der Waals surface area contributed by atoms with Crippen LogP contribution in [-0.2, 0) is 22.9 Å². The lowest BCUT2D eigenvalue weighted by Gasteiger charge is -2.13. The monoisotopic (exact) mass is 345 g/mol. The van der Waals surface area contributed by atoms with Gasteiger partial charge in [-0.3, -0.25) is 4.72 Å². The zero-order valence-corrected chi connectivity index (χ0v) is 13.3. The largest absolute Gasteiger partial charge is 0.279 e. The van der Waals surface area contributed by atoms with E-state index in [2.05, 4.69) is 4.72 Å². The Hall–Kier alpha value is -2.47. The first-order valence-electron chi connectivity index (χ1n) is 7.48. The van der Waals surface area contributed by atoms with Gasteiger partial charge >= 0.3 is 0 Å². The molecule has 1 N–H and O–H groups in total. The quantitative estimate of drug-likeness (QED) is 0.779. The lowest BCUT2D eigenvalue weighted by molar-refractivity contribution is 0.521. The summed E-state index contributed by atoms with van der Waals surface area (Å²) in [4.78, 5) is -0.965. The molecule has 0 bridgehead atoms. The Balaban J connectivity index is 1.86. The fraction of sp³-hybridized carbons (Fsp3) is 0.111. The molecule has 3 aromatic rings. The van der Waals surface area contributed by atoms with Crippen LogP contribution in [0, 0.1) is 11.6 Å². The molecule has 0 atom stereocenters. The summed E-state index contributed by atoms with van der Waals surface area (Å²) < 4.78 is 55.0. The van der Waals surface area contributed by atoms with Crippen LogP contribution in [0.2, 0.25) is 0 Å². The first-order chi connectivity index (χ1) is 11.5. The van der Waals surface area contributed by atoms with Crippen molar-refractivity contribution in [1.29, 1.82) is 0 Å². The average Bonchev–Trinajstić information content (AvgIpc) is 2.94. The molecule has 1 aliphatic rings. The Morgan fingerprint density at radius 1 is 0.833 bits per heavy atom. The van der Waals surface area contributed by atoms with E-state index in [0.29, 0.717) is 5.69 Å². The molecule has 6 heteroatoms. The van der Waals surface area contributed by atoms with Gasteiger partial charge < -0.3 is 0 Å². The topological polar surface area (TPSA) is 46.2 Å². The Morgan fingerprint density at radius 2 is 1.46 bits per heavy atom. The summed E-state index contributed by atoms with van der Waals surface area (Å²) in [5.74, 6) is -2.23. The van der Waals surface area contributed by atoms with Crippen LogP contribution in [0.15, 0.2) is 53.4 Å². The minimum atomic E-state index is -4.37. The number of anilines is 1. The van der Waals surface area contributed by atoms with Crippen molar-refractivity contribution in [1.82, 2.24) is 0 Å². The molecule has 0 aromatic heterocycles. The number of aryl methyl sites for hydroxylation is 2. The van der Waals surface area contributed by atoms with Gasteiger partial charge in [0.2, 0.25) is 0 Å². The molecule has 0 spiro atoms. The summed E-state index contributed by atoms with van der Waals surface area (Å²) in [7, 11) is -4.37. The molecule has 122 valence electrons. The van der Waals surface area contributed by atoms with E-state index in [0.717, 1.165) is 52.9 Å². The van der Waals surface area contributed by atoms with Crippen LogP contribution in [-0.4, -0.2) is 8.42 Å². The molecule has 0 saturated heterocycles. The van der Waals surface area contributed by atoms with E-state index < -0.39 is 26.6 Å². The van der Waals surface area contributed by atoms with Gasteiger partial charge in [-0.05, 0) is 47.6 Å². The van der Waals surface area contributed by atoms with Gasteiger partial charge in [-0.1, -0.05) is 30.3 Å². The number of benzene rings is 3. The molecular weight excluding hydrogens is 332 g/mol. The fourth-order valence-corrected chi connectivity index (χ4v) is 4.49. The van der Waals surface area contributed by atoms with Crippen molar-refractivity contribution in [3.63, 3.8) is 0 Å². The standard InChI is InChI=1S/C18H13F2NO2S/c19-14-5-2-6-15(20)18(14)24(22,23)21-16-10-9-12-8-7-11-3-1-4-13(16)17(11)12/h1-6,9-10,21H,7-8H2. The maximum absolute atomic E-state index is 13.8. The lowest BCUT2D eigenvalue weighted by Crippen LogP contribution is -2.16. The van der Waals surface area contributed by atoms with Gasteiger partial charge in [-0.25, -0.2) is 17.2 Å². The number of hydrogen-bond acceptors (Lipinski definition) is 2. The third-order valence-corrected chi connectivity index (χ3v) is 5.72. The lowest BCUT2D eigenvalue weighted by atomic mass is 10.0. The highest BCUT2D eigenvalue weighted by atomic mass is 32.2. The van der Waals surface area contributed by atoms with E-state index in [-0.39, 0.29) is 0 Å². The second-order valence-corrected chi connectivity index (χ2v) is 7.39. The SMILES string of the molecule is O=S(=O)(Nc1ccc2c3c(cccc13)CC2)c1c(F)cccc1F. The number of sulfonamides is 1. The maximum atomic E-state index is 13.8. The number of nitrogens with one attached hydrogen (secondary N) is 1. The first kappa shape index (κ1) is 15.1. The van der Waals surface area contributed by atoms with E-state index in [1.807, 2.05) is 24.3 Å². The van der Waals surface area contributed by atoms with Crippen molar-refractivity contribution in [2.24, 2.45) is 0 Å². The molecule has 0 saturated carbocycles. The van der Waals surface area contributed by atoms with Gasteiger partial charge in [0.05, 0.1) is 5.69 Å². The Bertz CT molecular complexity index is 1050. The van der Waals surface area contributed by atoms with E-state index in [1.54, 1.807) is 6.07 Å². The molecule has 0 unspecified atom stereocenters. The number of rotatable bonds is 3. The van der Waals surface area contributed by atoms with Crippen LogP contribution in [0.25, 0.3) is 10.8 Å². The molecule has 0 fully saturated rings. The van der Waals surface area contributed by atoms with Crippen molar-refractivity contribution < 1.29 is 17.2 Å². The predicted octanol–water partition coefficient (Wildman–Crippen LogP) is 4.02. The van der Waals surface area contributed by atoms with Gasteiger partial charge in [0.25, 0.3) is 10.0 Å². The summed E-state index contributed by atoms with van der Waals surface area (Å²) in [5, 5.41) is 1.76. The molecule has 0 amide bonds. The van der Waals surface area contributed by atoms with Crippen molar-refractivity contribution >= 4 is 26.5 Å². The van der Waals surface area contributed by atoms with Crippen LogP contribution >= 0.6 is 0 Å². The Kier molecular flexibility index (Phi) is 3.31. The molecule has 0 radical (unpaired) electrons. The zero-order valence-electron chi connectivity index (χ0n) is 12.5. The number of hydrogen-bond donors (Lipinski definition) is 1. The molecule has 3 nitrogen and oxygen atoms in total. The average molecular weight is 345 g/mol. The first-order valence-corrected chi connectivity index (χ1v) is 8.96. The second kappa shape index (κ2) is 5.27. The summed E-state index contributed by atoms with van der Waals surface area (Å²) in [6, 6.07) is 12.1. The molecule has 24 heavy (non-hydrogen) atoms. The van der Waals surface area contributed by atoms with Crippen LogP contribution in [0.1, 0.15) is 11.1 Å². The van der Waals surface area contributed by atoms with Gasteiger partial charge in [-0.2, -0.15) is 0 Å². The second-order valence-electron chi connectivity index (χ2n) is 5.77. The van der Waals surface area contributed by atoms with Gasteiger partial charge in [0.1, 0.15) is 11.6 Å². The van der Waals surface area contributed by atoms with Gasteiger partial charge in [-0.15, -0.1) is 0 Å². The third-order valence-electron chi connectivity index (χ3n) is 4.31. The highest BCUT2D eigenvalue weighted by molar-refractivity contribution is 7.92. The fourth-order valence-electron chi connectivity index (χ4n) is 3.27. The maximum Gasteiger partial charge on any atom is 0.267 e. The van der Waals surface area contributed by atoms with Crippen molar-refractivity contribution in [2.75, 3.05) is 4.72 Å². The molecule has 0 heterocycles. The van der Waals surface area contributed by atoms with E-state index >= 15 is 0 Å². The highest BCUT2D eigenvalue weighted by Crippen LogP contribution is 2.36. The minimum Gasteiger partial charge on any atom is -0.279 e. The molecular formula is C18H13F2NO2S. The highest BCUT2D eigenvalue weighted by Gasteiger charge is 2.25. The minimum absolute atomic E-state index is 0.320. The van der Waals surface area contributed by atoms with Crippen LogP contribution in [0.4, 0.5) is 14.5 Å². The van der Waals surface area contributed by atoms with E-state index in [4.69, 9.17) is 0 Å². The number of halogens is 2. The molecule has 3 aromatic carbocycles. The van der Waals surface area contributed by atoms with Gasteiger partial charge in [0.15, 0.2) is 4.90 Å². The summed E-state index contributed by atoms with van der Waals surface area (Å²) in [5.41, 5.74) is 2.63. The normalized spacial score (nSPS) is 13.4. The Labute approximate surface area is 138 Å². The smallest absolute Gasteiger partial charge is 0.267 e. The van der Waals surface area contributed by atoms with Crippen LogP contribution in [0.3, 0.4) is 0 Å². The third kappa shape index (κ3) is 2.26. The molecule has 1 aliphatic carbocycles.